The van der Waals surface area contributed by atoms with E-state index in [1.54, 1.807) is 24.9 Å². The summed E-state index contributed by atoms with van der Waals surface area (Å²) in [5.74, 6) is -0.190. The van der Waals surface area contributed by atoms with Gasteiger partial charge in [0.1, 0.15) is 0 Å². The van der Waals surface area contributed by atoms with Crippen molar-refractivity contribution in [3.05, 3.63) is 17.5 Å². The second kappa shape index (κ2) is 5.07. The molecule has 1 atom stereocenters. The molecular weight excluding hydrogens is 224 g/mol. The van der Waals surface area contributed by atoms with Crippen molar-refractivity contribution >= 4 is 23.1 Å². The van der Waals surface area contributed by atoms with E-state index in [2.05, 4.69) is 10.4 Å². The Morgan fingerprint density at radius 2 is 2.38 bits per heavy atom. The van der Waals surface area contributed by atoms with Gasteiger partial charge in [0, 0.05) is 13.2 Å². The summed E-state index contributed by atoms with van der Waals surface area (Å²) in [4.78, 5) is 12.1. The summed E-state index contributed by atoms with van der Waals surface area (Å²) < 4.78 is 1.62. The Balaban J connectivity index is 2.84. The average Bonchev–Trinajstić information content (AvgIpc) is 2.59. The predicted octanol–water partition coefficient (Wildman–Crippen LogP) is 0.387. The summed E-state index contributed by atoms with van der Waals surface area (Å²) in [5, 5.41) is 6.92. The van der Waals surface area contributed by atoms with E-state index in [0.29, 0.717) is 12.0 Å². The van der Waals surface area contributed by atoms with Gasteiger partial charge in [0.2, 0.25) is 0 Å². The number of hydrogen-bond acceptors (Lipinski definition) is 3. The summed E-state index contributed by atoms with van der Waals surface area (Å²) in [7, 11) is 1.78. The summed E-state index contributed by atoms with van der Waals surface area (Å²) in [5.41, 5.74) is 6.78. The summed E-state index contributed by atoms with van der Waals surface area (Å²) >= 11 is 4.80. The average molecular weight is 240 g/mol. The van der Waals surface area contributed by atoms with E-state index in [1.807, 2.05) is 6.92 Å². The molecule has 5 nitrogen and oxygen atoms in total. The van der Waals surface area contributed by atoms with E-state index < -0.39 is 0 Å². The van der Waals surface area contributed by atoms with Crippen LogP contribution in [0.2, 0.25) is 0 Å². The Bertz CT molecular complexity index is 413. The Morgan fingerprint density at radius 1 is 1.75 bits per heavy atom. The number of thiocarbonyl (C=S) groups is 1. The van der Waals surface area contributed by atoms with Crippen LogP contribution < -0.4 is 11.1 Å². The topological polar surface area (TPSA) is 72.9 Å². The van der Waals surface area contributed by atoms with E-state index in [1.165, 1.54) is 0 Å². The van der Waals surface area contributed by atoms with Gasteiger partial charge >= 0.3 is 0 Å². The Labute approximate surface area is 100 Å². The minimum atomic E-state index is -0.313. The van der Waals surface area contributed by atoms with Crippen LogP contribution in [0.1, 0.15) is 29.9 Å². The first-order valence-corrected chi connectivity index (χ1v) is 5.49. The van der Waals surface area contributed by atoms with Gasteiger partial charge in [-0.1, -0.05) is 19.1 Å². The molecule has 1 heterocycles. The maximum absolute atomic E-state index is 11.9. The number of aromatic nitrogens is 2. The molecule has 1 amide bonds. The molecule has 0 aliphatic rings. The van der Waals surface area contributed by atoms with Crippen LogP contribution in [-0.4, -0.2) is 26.7 Å². The number of nitrogens with zero attached hydrogens (tertiary/aromatic N) is 2. The van der Waals surface area contributed by atoms with Crippen molar-refractivity contribution in [2.45, 2.75) is 26.3 Å². The van der Waals surface area contributed by atoms with Gasteiger partial charge < -0.3 is 11.1 Å². The number of carbonyl (C=O) groups is 1. The SMILES string of the molecule is CCc1nn(C)cc1C(=O)NC(C)C(N)=S. The maximum atomic E-state index is 11.9. The normalized spacial score (nSPS) is 12.2. The Hall–Kier alpha value is -1.43. The lowest BCUT2D eigenvalue weighted by Crippen LogP contribution is -2.41. The van der Waals surface area contributed by atoms with Crippen molar-refractivity contribution < 1.29 is 4.79 Å². The van der Waals surface area contributed by atoms with Crippen LogP contribution in [0.15, 0.2) is 6.20 Å². The molecule has 88 valence electrons. The smallest absolute Gasteiger partial charge is 0.255 e. The molecule has 0 aromatic carbocycles. The van der Waals surface area contributed by atoms with Gasteiger partial charge in [-0.15, -0.1) is 0 Å². The fraction of sp³-hybridized carbons (Fsp3) is 0.500. The van der Waals surface area contributed by atoms with E-state index in [-0.39, 0.29) is 16.9 Å². The van der Waals surface area contributed by atoms with Crippen LogP contribution >= 0.6 is 12.2 Å². The number of rotatable bonds is 4. The third kappa shape index (κ3) is 2.79. The molecule has 1 aromatic heterocycles. The van der Waals surface area contributed by atoms with Crippen LogP contribution in [0.5, 0.6) is 0 Å². The minimum Gasteiger partial charge on any atom is -0.392 e. The second-order valence-corrected chi connectivity index (χ2v) is 4.09. The zero-order valence-electron chi connectivity index (χ0n) is 9.65. The van der Waals surface area contributed by atoms with Crippen molar-refractivity contribution in [1.82, 2.24) is 15.1 Å². The van der Waals surface area contributed by atoms with Crippen LogP contribution in [0.25, 0.3) is 0 Å². The first kappa shape index (κ1) is 12.6. The van der Waals surface area contributed by atoms with E-state index >= 15 is 0 Å². The van der Waals surface area contributed by atoms with Gasteiger partial charge in [-0.25, -0.2) is 0 Å². The molecule has 0 saturated heterocycles. The highest BCUT2D eigenvalue weighted by atomic mass is 32.1. The van der Waals surface area contributed by atoms with Gasteiger partial charge in [0.25, 0.3) is 5.91 Å². The van der Waals surface area contributed by atoms with Gasteiger partial charge in [-0.2, -0.15) is 5.10 Å². The molecule has 16 heavy (non-hydrogen) atoms. The molecule has 1 aromatic rings. The lowest BCUT2D eigenvalue weighted by atomic mass is 10.2. The van der Waals surface area contributed by atoms with E-state index in [4.69, 9.17) is 18.0 Å². The zero-order chi connectivity index (χ0) is 12.3. The third-order valence-electron chi connectivity index (χ3n) is 2.26. The molecule has 0 fully saturated rings. The molecule has 3 N–H and O–H groups in total. The molecule has 0 saturated carbocycles. The van der Waals surface area contributed by atoms with Crippen LogP contribution in [0.3, 0.4) is 0 Å². The standard InChI is InChI=1S/C10H16N4OS/c1-4-8-7(5-14(3)13-8)10(15)12-6(2)9(11)16/h5-6H,4H2,1-3H3,(H2,11,16)(H,12,15). The number of nitrogens with two attached hydrogens (primary N) is 1. The summed E-state index contributed by atoms with van der Waals surface area (Å²) in [6, 6.07) is -0.313. The monoisotopic (exact) mass is 240 g/mol. The van der Waals surface area contributed by atoms with E-state index in [0.717, 1.165) is 5.69 Å². The largest absolute Gasteiger partial charge is 0.392 e. The number of hydrogen-bond donors (Lipinski definition) is 2. The first-order chi connectivity index (χ1) is 7.45. The third-order valence-corrected chi connectivity index (χ3v) is 2.61. The maximum Gasteiger partial charge on any atom is 0.255 e. The molecule has 1 unspecified atom stereocenters. The fourth-order valence-electron chi connectivity index (χ4n) is 1.33. The number of amides is 1. The van der Waals surface area contributed by atoms with Gasteiger partial charge in [0.15, 0.2) is 0 Å². The summed E-state index contributed by atoms with van der Waals surface area (Å²) in [6.45, 7) is 3.71. The molecule has 0 aliphatic carbocycles. The molecule has 1 rings (SSSR count). The van der Waals surface area contributed by atoms with Crippen LogP contribution in [0.4, 0.5) is 0 Å². The highest BCUT2D eigenvalue weighted by Crippen LogP contribution is 2.07. The molecule has 0 aliphatic heterocycles. The Kier molecular flexibility index (Phi) is 4.00. The zero-order valence-corrected chi connectivity index (χ0v) is 10.5. The first-order valence-electron chi connectivity index (χ1n) is 5.08. The minimum absolute atomic E-state index is 0.190. The van der Waals surface area contributed by atoms with Gasteiger partial charge in [-0.3, -0.25) is 9.48 Å². The highest BCUT2D eigenvalue weighted by molar-refractivity contribution is 7.80. The molecular formula is C10H16N4OS. The fourth-order valence-corrected chi connectivity index (χ4v) is 1.39. The highest BCUT2D eigenvalue weighted by Gasteiger charge is 2.16. The van der Waals surface area contributed by atoms with Crippen LogP contribution in [0, 0.1) is 0 Å². The van der Waals surface area contributed by atoms with Crippen molar-refractivity contribution in [3.8, 4) is 0 Å². The Morgan fingerprint density at radius 3 is 2.88 bits per heavy atom. The van der Waals surface area contributed by atoms with Crippen molar-refractivity contribution in [1.29, 1.82) is 0 Å². The van der Waals surface area contributed by atoms with Crippen molar-refractivity contribution in [3.63, 3.8) is 0 Å². The van der Waals surface area contributed by atoms with Gasteiger partial charge in [0.05, 0.1) is 22.3 Å². The number of aryl methyl sites for hydroxylation is 2. The molecule has 0 spiro atoms. The van der Waals surface area contributed by atoms with Crippen molar-refractivity contribution in [2.24, 2.45) is 12.8 Å². The molecule has 6 heteroatoms. The lowest BCUT2D eigenvalue weighted by Gasteiger charge is -2.11. The van der Waals surface area contributed by atoms with Gasteiger partial charge in [-0.05, 0) is 13.3 Å². The van der Waals surface area contributed by atoms with E-state index in [9.17, 15) is 4.79 Å². The number of carbonyl (C=O) groups excluding carboxylic acids is 1. The van der Waals surface area contributed by atoms with Crippen LogP contribution in [-0.2, 0) is 13.5 Å². The second-order valence-electron chi connectivity index (χ2n) is 3.61. The number of nitrogens with one attached hydrogen (secondary N) is 1. The predicted molar refractivity (Wildman–Crippen MR) is 66.3 cm³/mol. The summed E-state index contributed by atoms with van der Waals surface area (Å²) in [6.07, 6.45) is 2.41. The molecule has 0 radical (unpaired) electrons. The lowest BCUT2D eigenvalue weighted by molar-refractivity contribution is 0.0948. The van der Waals surface area contributed by atoms with Crippen molar-refractivity contribution in [2.75, 3.05) is 0 Å². The quantitative estimate of drug-likeness (QED) is 0.747. The molecule has 0 bridgehead atoms.